The van der Waals surface area contributed by atoms with Crippen LogP contribution in [0.3, 0.4) is 0 Å². The van der Waals surface area contributed by atoms with Crippen molar-refractivity contribution in [3.63, 3.8) is 0 Å². The molecule has 50 heavy (non-hydrogen) atoms. The molecule has 2 unspecified atom stereocenters. The zero-order chi connectivity index (χ0) is 36.4. The van der Waals surface area contributed by atoms with Gasteiger partial charge >= 0.3 is 0 Å². The first-order valence-electron chi connectivity index (χ1n) is 21.9. The van der Waals surface area contributed by atoms with Gasteiger partial charge in [0, 0.05) is 6.42 Å². The predicted molar refractivity (Wildman–Crippen MR) is 221 cm³/mol. The van der Waals surface area contributed by atoms with E-state index in [-0.39, 0.29) is 12.5 Å². The SMILES string of the molecule is CCCCC/C=C\C/C=C\C/C=C\CCCCCCCCC(=O)NC(CO)C(O)/C=C/CCCCCCCCCCCCCCCCCCC. The Bertz CT molecular complexity index is 801. The Hall–Kier alpha value is -1.65. The minimum atomic E-state index is -0.845. The number of allylic oxidation sites excluding steroid dienone is 7. The van der Waals surface area contributed by atoms with Crippen molar-refractivity contribution in [3.05, 3.63) is 48.6 Å². The van der Waals surface area contributed by atoms with Crippen LogP contribution in [0.5, 0.6) is 0 Å². The Morgan fingerprint density at radius 2 is 0.820 bits per heavy atom. The summed E-state index contributed by atoms with van der Waals surface area (Å²) in [4.78, 5) is 12.4. The number of aliphatic hydroxyl groups excluding tert-OH is 2. The van der Waals surface area contributed by atoms with Gasteiger partial charge in [-0.2, -0.15) is 0 Å². The van der Waals surface area contributed by atoms with Gasteiger partial charge in [-0.05, 0) is 57.8 Å². The fraction of sp³-hybridized carbons (Fsp3) is 0.804. The zero-order valence-corrected chi connectivity index (χ0v) is 33.4. The standard InChI is InChI=1S/C46H85NO3/c1-3-5-7-9-11-13-15-17-19-21-23-25-27-29-31-33-35-37-39-41-45(49)44(43-48)47-46(50)42-40-38-36-34-32-30-28-26-24-22-20-18-16-14-12-10-8-6-4-2/h12,14,18,20,24,26,39,41,44-45,48-49H,3-11,13,15-17,19,21-23,25,27-38,40,42-43H2,1-2H3,(H,47,50)/b14-12-,20-18-,26-24-,41-39+. The van der Waals surface area contributed by atoms with Crippen molar-refractivity contribution in [2.75, 3.05) is 6.61 Å². The molecule has 292 valence electrons. The van der Waals surface area contributed by atoms with Crippen LogP contribution in [0.2, 0.25) is 0 Å². The second kappa shape index (κ2) is 41.8. The van der Waals surface area contributed by atoms with Crippen molar-refractivity contribution >= 4 is 5.91 Å². The summed E-state index contributed by atoms with van der Waals surface area (Å²) in [7, 11) is 0. The first-order valence-corrected chi connectivity index (χ1v) is 21.9. The van der Waals surface area contributed by atoms with Crippen LogP contribution in [0.25, 0.3) is 0 Å². The van der Waals surface area contributed by atoms with E-state index < -0.39 is 12.1 Å². The van der Waals surface area contributed by atoms with E-state index in [0.29, 0.717) is 6.42 Å². The maximum absolute atomic E-state index is 12.4. The van der Waals surface area contributed by atoms with E-state index in [1.165, 1.54) is 148 Å². The maximum atomic E-state index is 12.4. The lowest BCUT2D eigenvalue weighted by Gasteiger charge is -2.20. The second-order valence-electron chi connectivity index (χ2n) is 14.8. The van der Waals surface area contributed by atoms with Gasteiger partial charge < -0.3 is 15.5 Å². The molecule has 0 bridgehead atoms. The summed E-state index contributed by atoms with van der Waals surface area (Å²) in [6.07, 6.45) is 56.4. The van der Waals surface area contributed by atoms with Gasteiger partial charge in [0.05, 0.1) is 18.8 Å². The van der Waals surface area contributed by atoms with Crippen molar-refractivity contribution < 1.29 is 15.0 Å². The van der Waals surface area contributed by atoms with Crippen LogP contribution in [0.1, 0.15) is 219 Å². The average Bonchev–Trinajstić information content (AvgIpc) is 3.12. The van der Waals surface area contributed by atoms with Gasteiger partial charge in [0.15, 0.2) is 0 Å². The minimum Gasteiger partial charge on any atom is -0.394 e. The van der Waals surface area contributed by atoms with Crippen molar-refractivity contribution in [1.82, 2.24) is 5.32 Å². The van der Waals surface area contributed by atoms with E-state index in [1.54, 1.807) is 6.08 Å². The molecule has 0 aliphatic rings. The molecule has 0 aromatic rings. The van der Waals surface area contributed by atoms with Gasteiger partial charge in [-0.15, -0.1) is 0 Å². The van der Waals surface area contributed by atoms with Crippen molar-refractivity contribution in [1.29, 1.82) is 0 Å². The number of hydrogen-bond donors (Lipinski definition) is 3. The summed E-state index contributed by atoms with van der Waals surface area (Å²) >= 11 is 0. The highest BCUT2D eigenvalue weighted by Crippen LogP contribution is 2.15. The lowest BCUT2D eigenvalue weighted by atomic mass is 10.0. The Balaban J connectivity index is 3.61. The maximum Gasteiger partial charge on any atom is 0.220 e. The molecule has 0 fully saturated rings. The first-order chi connectivity index (χ1) is 24.7. The van der Waals surface area contributed by atoms with Crippen LogP contribution in [0.4, 0.5) is 0 Å². The van der Waals surface area contributed by atoms with Crippen LogP contribution >= 0.6 is 0 Å². The molecule has 0 aromatic heterocycles. The third-order valence-corrected chi connectivity index (χ3v) is 9.81. The normalized spacial score (nSPS) is 13.4. The molecule has 0 aliphatic heterocycles. The number of nitrogens with one attached hydrogen (secondary N) is 1. The highest BCUT2D eigenvalue weighted by atomic mass is 16.3. The van der Waals surface area contributed by atoms with Crippen LogP contribution in [0, 0.1) is 0 Å². The van der Waals surface area contributed by atoms with Gasteiger partial charge in [0.2, 0.25) is 5.91 Å². The smallest absolute Gasteiger partial charge is 0.220 e. The number of hydrogen-bond acceptors (Lipinski definition) is 3. The van der Waals surface area contributed by atoms with Crippen LogP contribution in [-0.4, -0.2) is 34.9 Å². The third-order valence-electron chi connectivity index (χ3n) is 9.81. The molecule has 0 saturated carbocycles. The summed E-state index contributed by atoms with van der Waals surface area (Å²) in [6, 6.07) is -0.630. The summed E-state index contributed by atoms with van der Waals surface area (Å²) in [5, 5.41) is 23.0. The van der Waals surface area contributed by atoms with Gasteiger partial charge in [0.1, 0.15) is 0 Å². The first kappa shape index (κ1) is 48.3. The van der Waals surface area contributed by atoms with E-state index in [1.807, 2.05) is 6.08 Å². The molecular formula is C46H85NO3. The van der Waals surface area contributed by atoms with Crippen LogP contribution in [0.15, 0.2) is 48.6 Å². The van der Waals surface area contributed by atoms with Crippen molar-refractivity contribution in [3.8, 4) is 0 Å². The summed E-state index contributed by atoms with van der Waals surface area (Å²) < 4.78 is 0. The molecule has 0 aliphatic carbocycles. The molecule has 4 heteroatoms. The van der Waals surface area contributed by atoms with Crippen molar-refractivity contribution in [2.45, 2.75) is 231 Å². The number of unbranched alkanes of at least 4 members (excludes halogenated alkanes) is 26. The van der Waals surface area contributed by atoms with E-state index >= 15 is 0 Å². The van der Waals surface area contributed by atoms with E-state index in [9.17, 15) is 15.0 Å². The van der Waals surface area contributed by atoms with Gasteiger partial charge in [0.25, 0.3) is 0 Å². The van der Waals surface area contributed by atoms with Gasteiger partial charge in [-0.3, -0.25) is 4.79 Å². The van der Waals surface area contributed by atoms with E-state index in [4.69, 9.17) is 0 Å². The molecule has 0 aromatic carbocycles. The van der Waals surface area contributed by atoms with Crippen molar-refractivity contribution in [2.24, 2.45) is 0 Å². The molecule has 0 radical (unpaired) electrons. The number of carbonyl (C=O) groups excluding carboxylic acids is 1. The summed E-state index contributed by atoms with van der Waals surface area (Å²) in [6.45, 7) is 4.28. The molecule has 0 heterocycles. The van der Waals surface area contributed by atoms with Crippen LogP contribution < -0.4 is 5.32 Å². The third kappa shape index (κ3) is 37.6. The average molecular weight is 700 g/mol. The predicted octanol–water partition coefficient (Wildman–Crippen LogP) is 13.6. The highest BCUT2D eigenvalue weighted by molar-refractivity contribution is 5.76. The lowest BCUT2D eigenvalue weighted by molar-refractivity contribution is -0.123. The topological polar surface area (TPSA) is 69.6 Å². The summed E-state index contributed by atoms with van der Waals surface area (Å²) in [5.41, 5.74) is 0. The fourth-order valence-corrected chi connectivity index (χ4v) is 6.42. The Kier molecular flexibility index (Phi) is 40.4. The number of aliphatic hydroxyl groups is 2. The molecule has 0 spiro atoms. The van der Waals surface area contributed by atoms with Crippen LogP contribution in [-0.2, 0) is 4.79 Å². The summed E-state index contributed by atoms with van der Waals surface area (Å²) in [5.74, 6) is -0.0770. The van der Waals surface area contributed by atoms with Gasteiger partial charge in [-0.25, -0.2) is 0 Å². The quantitative estimate of drug-likeness (QED) is 0.0442. The number of carbonyl (C=O) groups is 1. The largest absolute Gasteiger partial charge is 0.394 e. The monoisotopic (exact) mass is 700 g/mol. The molecule has 2 atom stereocenters. The molecule has 0 saturated heterocycles. The second-order valence-corrected chi connectivity index (χ2v) is 14.8. The molecule has 4 nitrogen and oxygen atoms in total. The highest BCUT2D eigenvalue weighted by Gasteiger charge is 2.17. The Morgan fingerprint density at radius 1 is 0.480 bits per heavy atom. The number of amides is 1. The lowest BCUT2D eigenvalue weighted by Crippen LogP contribution is -2.45. The van der Waals surface area contributed by atoms with Gasteiger partial charge in [-0.1, -0.05) is 204 Å². The zero-order valence-electron chi connectivity index (χ0n) is 33.4. The number of rotatable bonds is 39. The molecule has 1 amide bonds. The molecular weight excluding hydrogens is 615 g/mol. The fourth-order valence-electron chi connectivity index (χ4n) is 6.42. The van der Waals surface area contributed by atoms with E-state index in [0.717, 1.165) is 51.4 Å². The Labute approximate surface area is 312 Å². The van der Waals surface area contributed by atoms with E-state index in [2.05, 4.69) is 55.6 Å². The minimum absolute atomic E-state index is 0.0770. The Morgan fingerprint density at radius 3 is 1.26 bits per heavy atom. The molecule has 3 N–H and O–H groups in total. The molecule has 0 rings (SSSR count).